The van der Waals surface area contributed by atoms with Gasteiger partial charge in [0.15, 0.2) is 0 Å². The summed E-state index contributed by atoms with van der Waals surface area (Å²) >= 11 is 0. The number of amides is 1. The molecule has 2 heterocycles. The maximum atomic E-state index is 12.9. The van der Waals surface area contributed by atoms with E-state index in [1.165, 1.54) is 23.6 Å². The summed E-state index contributed by atoms with van der Waals surface area (Å²) in [5.41, 5.74) is 0. The minimum Gasteiger partial charge on any atom is -0.497 e. The predicted octanol–water partition coefficient (Wildman–Crippen LogP) is 1.70. The Kier molecular flexibility index (Phi) is 7.31. The van der Waals surface area contributed by atoms with Crippen LogP contribution in [0.25, 0.3) is 0 Å². The second kappa shape index (κ2) is 9.71. The quantitative estimate of drug-likeness (QED) is 0.742. The highest BCUT2D eigenvalue weighted by Gasteiger charge is 2.33. The number of nitrogens with one attached hydrogen (secondary N) is 1. The maximum absolute atomic E-state index is 12.9. The Morgan fingerprint density at radius 1 is 1.11 bits per heavy atom. The van der Waals surface area contributed by atoms with Gasteiger partial charge in [0.25, 0.3) is 0 Å². The summed E-state index contributed by atoms with van der Waals surface area (Å²) in [4.78, 5) is 15.2. The lowest BCUT2D eigenvalue weighted by atomic mass is 9.99. The molecule has 2 fully saturated rings. The number of ether oxygens (including phenoxy) is 1. The Labute approximate surface area is 168 Å². The van der Waals surface area contributed by atoms with Crippen molar-refractivity contribution in [3.8, 4) is 5.75 Å². The van der Waals surface area contributed by atoms with E-state index in [0.29, 0.717) is 25.3 Å². The summed E-state index contributed by atoms with van der Waals surface area (Å²) in [6, 6.07) is 6.39. The van der Waals surface area contributed by atoms with Crippen molar-refractivity contribution in [1.82, 2.24) is 14.5 Å². The van der Waals surface area contributed by atoms with Crippen molar-refractivity contribution < 1.29 is 17.9 Å². The molecule has 0 saturated carbocycles. The van der Waals surface area contributed by atoms with Crippen LogP contribution in [0.3, 0.4) is 0 Å². The Morgan fingerprint density at radius 3 is 2.50 bits per heavy atom. The van der Waals surface area contributed by atoms with Gasteiger partial charge in [0, 0.05) is 26.2 Å². The zero-order chi connectivity index (χ0) is 20.0. The molecule has 0 aromatic heterocycles. The number of rotatable bonds is 7. The lowest BCUT2D eigenvalue weighted by Gasteiger charge is -2.31. The summed E-state index contributed by atoms with van der Waals surface area (Å²) in [5.74, 6) is 0.290. The number of carbonyl (C=O) groups is 1. The summed E-state index contributed by atoms with van der Waals surface area (Å²) < 4.78 is 32.4. The molecule has 1 aromatic carbocycles. The molecule has 0 spiro atoms. The number of nitrogens with zero attached hydrogens (tertiary/aromatic N) is 2. The first kappa shape index (κ1) is 21.1. The van der Waals surface area contributed by atoms with Crippen molar-refractivity contribution in [2.24, 2.45) is 5.92 Å². The number of sulfonamides is 1. The lowest BCUT2D eigenvalue weighted by molar-refractivity contribution is -0.126. The molecule has 28 heavy (non-hydrogen) atoms. The van der Waals surface area contributed by atoms with E-state index in [-0.39, 0.29) is 23.3 Å². The van der Waals surface area contributed by atoms with Crippen LogP contribution in [0.15, 0.2) is 29.2 Å². The van der Waals surface area contributed by atoms with E-state index in [9.17, 15) is 13.2 Å². The maximum Gasteiger partial charge on any atom is 0.243 e. The van der Waals surface area contributed by atoms with Crippen LogP contribution in [0.1, 0.15) is 32.1 Å². The van der Waals surface area contributed by atoms with Gasteiger partial charge in [-0.3, -0.25) is 4.79 Å². The third kappa shape index (κ3) is 5.24. The van der Waals surface area contributed by atoms with Gasteiger partial charge < -0.3 is 15.0 Å². The average molecular weight is 410 g/mol. The topological polar surface area (TPSA) is 79.0 Å². The Balaban J connectivity index is 1.54. The standard InChI is InChI=1S/C20H31N3O4S/c1-27-18-7-9-19(10-8-18)28(25,26)23-14-5-6-17(16-23)20(24)21-11-15-22-12-3-2-4-13-22/h7-10,17H,2-6,11-16H2,1H3,(H,21,24)/t17-/m0/s1. The zero-order valence-corrected chi connectivity index (χ0v) is 17.4. The number of hydrogen-bond acceptors (Lipinski definition) is 5. The molecule has 156 valence electrons. The molecule has 0 radical (unpaired) electrons. The molecule has 2 aliphatic rings. The number of methoxy groups -OCH3 is 1. The van der Waals surface area contributed by atoms with Crippen LogP contribution in [0.2, 0.25) is 0 Å². The average Bonchev–Trinajstić information content (AvgIpc) is 2.74. The molecule has 7 nitrogen and oxygen atoms in total. The smallest absolute Gasteiger partial charge is 0.243 e. The van der Waals surface area contributed by atoms with E-state index in [2.05, 4.69) is 10.2 Å². The predicted molar refractivity (Wildman–Crippen MR) is 108 cm³/mol. The van der Waals surface area contributed by atoms with Gasteiger partial charge in [0.2, 0.25) is 15.9 Å². The molecule has 3 rings (SSSR count). The molecule has 0 unspecified atom stereocenters. The van der Waals surface area contributed by atoms with E-state index in [4.69, 9.17) is 4.74 Å². The number of carbonyl (C=O) groups excluding carboxylic acids is 1. The minimum atomic E-state index is -3.60. The molecule has 8 heteroatoms. The second-order valence-electron chi connectivity index (χ2n) is 7.57. The monoisotopic (exact) mass is 409 g/mol. The van der Waals surface area contributed by atoms with Crippen LogP contribution in [0.5, 0.6) is 5.75 Å². The molecule has 1 amide bonds. The first-order valence-corrected chi connectivity index (χ1v) is 11.6. The largest absolute Gasteiger partial charge is 0.497 e. The van der Waals surface area contributed by atoms with Crippen LogP contribution in [0.4, 0.5) is 0 Å². The van der Waals surface area contributed by atoms with E-state index in [0.717, 1.165) is 26.1 Å². The van der Waals surface area contributed by atoms with E-state index in [1.807, 2.05) is 0 Å². The van der Waals surface area contributed by atoms with Gasteiger partial charge in [-0.05, 0) is 63.0 Å². The zero-order valence-electron chi connectivity index (χ0n) is 16.6. The van der Waals surface area contributed by atoms with Gasteiger partial charge >= 0.3 is 0 Å². The summed E-state index contributed by atoms with van der Waals surface area (Å²) in [6.07, 6.45) is 5.18. The van der Waals surface area contributed by atoms with Crippen molar-refractivity contribution in [1.29, 1.82) is 0 Å². The fourth-order valence-corrected chi connectivity index (χ4v) is 5.46. The van der Waals surface area contributed by atoms with E-state index >= 15 is 0 Å². The highest BCUT2D eigenvalue weighted by molar-refractivity contribution is 7.89. The molecular weight excluding hydrogens is 378 g/mol. The van der Waals surface area contributed by atoms with Gasteiger partial charge in [0.05, 0.1) is 17.9 Å². The van der Waals surface area contributed by atoms with Crippen molar-refractivity contribution in [3.63, 3.8) is 0 Å². The third-order valence-electron chi connectivity index (χ3n) is 5.63. The van der Waals surface area contributed by atoms with Gasteiger partial charge in [-0.25, -0.2) is 8.42 Å². The van der Waals surface area contributed by atoms with Crippen LogP contribution < -0.4 is 10.1 Å². The Morgan fingerprint density at radius 2 is 1.82 bits per heavy atom. The van der Waals surface area contributed by atoms with Gasteiger partial charge in [-0.2, -0.15) is 4.31 Å². The van der Waals surface area contributed by atoms with Crippen molar-refractivity contribution in [2.45, 2.75) is 37.0 Å². The molecule has 0 bridgehead atoms. The number of hydrogen-bond donors (Lipinski definition) is 1. The molecule has 2 aliphatic heterocycles. The van der Waals surface area contributed by atoms with Gasteiger partial charge in [0.1, 0.15) is 5.75 Å². The SMILES string of the molecule is COc1ccc(S(=O)(=O)N2CCC[C@H](C(=O)NCCN3CCCCC3)C2)cc1. The Bertz CT molecular complexity index is 745. The van der Waals surface area contributed by atoms with E-state index in [1.54, 1.807) is 31.4 Å². The summed E-state index contributed by atoms with van der Waals surface area (Å²) in [6.45, 7) is 4.39. The van der Waals surface area contributed by atoms with E-state index < -0.39 is 10.0 Å². The van der Waals surface area contributed by atoms with Gasteiger partial charge in [-0.15, -0.1) is 0 Å². The highest BCUT2D eigenvalue weighted by atomic mass is 32.2. The first-order valence-electron chi connectivity index (χ1n) is 10.1. The number of benzene rings is 1. The van der Waals surface area contributed by atoms with Gasteiger partial charge in [-0.1, -0.05) is 6.42 Å². The highest BCUT2D eigenvalue weighted by Crippen LogP contribution is 2.25. The molecule has 1 atom stereocenters. The fourth-order valence-electron chi connectivity index (χ4n) is 3.94. The number of piperidine rings is 2. The summed E-state index contributed by atoms with van der Waals surface area (Å²) in [7, 11) is -2.06. The molecule has 2 saturated heterocycles. The molecule has 1 aromatic rings. The lowest BCUT2D eigenvalue weighted by Crippen LogP contribution is -2.46. The second-order valence-corrected chi connectivity index (χ2v) is 9.51. The minimum absolute atomic E-state index is 0.0355. The first-order chi connectivity index (χ1) is 13.5. The third-order valence-corrected chi connectivity index (χ3v) is 7.51. The summed E-state index contributed by atoms with van der Waals surface area (Å²) in [5, 5.41) is 3.01. The Hall–Kier alpha value is -1.64. The van der Waals surface area contributed by atoms with Crippen LogP contribution >= 0.6 is 0 Å². The number of likely N-dealkylation sites (tertiary alicyclic amines) is 1. The van der Waals surface area contributed by atoms with Crippen molar-refractivity contribution in [3.05, 3.63) is 24.3 Å². The normalized spacial score (nSPS) is 22.0. The van der Waals surface area contributed by atoms with Crippen molar-refractivity contribution >= 4 is 15.9 Å². The van der Waals surface area contributed by atoms with Crippen LogP contribution in [0, 0.1) is 5.92 Å². The van der Waals surface area contributed by atoms with Crippen molar-refractivity contribution in [2.75, 3.05) is 46.4 Å². The molecule has 0 aliphatic carbocycles. The molecule has 1 N–H and O–H groups in total. The fraction of sp³-hybridized carbons (Fsp3) is 0.650. The van der Waals surface area contributed by atoms with Crippen LogP contribution in [-0.2, 0) is 14.8 Å². The molecular formula is C20H31N3O4S. The van der Waals surface area contributed by atoms with Crippen LogP contribution in [-0.4, -0.2) is 69.9 Å².